The van der Waals surface area contributed by atoms with E-state index in [1.165, 1.54) is 12.1 Å². The smallest absolute Gasteiger partial charge is 0.314 e. The van der Waals surface area contributed by atoms with Crippen molar-refractivity contribution in [1.82, 2.24) is 5.32 Å². The molecule has 0 fully saturated rings. The van der Waals surface area contributed by atoms with Gasteiger partial charge in [-0.15, -0.1) is 0 Å². The van der Waals surface area contributed by atoms with E-state index in [1.807, 2.05) is 19.1 Å². The van der Waals surface area contributed by atoms with Gasteiger partial charge in [0.25, 0.3) is 0 Å². The minimum Gasteiger partial charge on any atom is -0.447 e. The van der Waals surface area contributed by atoms with Gasteiger partial charge in [-0.1, -0.05) is 24.3 Å². The minimum absolute atomic E-state index is 0.0352. The Morgan fingerprint density at radius 2 is 1.95 bits per heavy atom. The number of halogens is 1. The second-order valence-electron chi connectivity index (χ2n) is 4.50. The Bertz CT molecular complexity index is 661. The lowest BCUT2D eigenvalue weighted by molar-refractivity contribution is -0.385. The van der Waals surface area contributed by atoms with Crippen molar-refractivity contribution >= 4 is 5.69 Å². The number of ether oxygens (including phenoxy) is 1. The summed E-state index contributed by atoms with van der Waals surface area (Å²) in [5.74, 6) is -0.762. The molecule has 0 saturated carbocycles. The third kappa shape index (κ3) is 3.17. The quantitative estimate of drug-likeness (QED) is 0.672. The van der Waals surface area contributed by atoms with Crippen LogP contribution in [0.5, 0.6) is 11.5 Å². The number of nitrogens with one attached hydrogen (secondary N) is 1. The molecule has 2 aromatic carbocycles. The van der Waals surface area contributed by atoms with Crippen molar-refractivity contribution in [1.29, 1.82) is 0 Å². The molecule has 0 spiro atoms. The Labute approximate surface area is 121 Å². The molecule has 1 N–H and O–H groups in total. The van der Waals surface area contributed by atoms with Gasteiger partial charge in [0.15, 0.2) is 5.82 Å². The molecule has 0 aromatic heterocycles. The van der Waals surface area contributed by atoms with Gasteiger partial charge in [-0.25, -0.2) is 4.39 Å². The SMILES string of the molecule is CNC(C)c1ccccc1Oc1c(F)cccc1[N+](=O)[O-]. The van der Waals surface area contributed by atoms with E-state index in [2.05, 4.69) is 5.32 Å². The first-order valence-corrected chi connectivity index (χ1v) is 6.41. The summed E-state index contributed by atoms with van der Waals surface area (Å²) in [4.78, 5) is 10.3. The number of para-hydroxylation sites is 2. The molecule has 0 amide bonds. The largest absolute Gasteiger partial charge is 0.447 e. The summed E-state index contributed by atoms with van der Waals surface area (Å²) in [5, 5.41) is 14.0. The highest BCUT2D eigenvalue weighted by Gasteiger charge is 2.21. The maximum atomic E-state index is 13.9. The minimum atomic E-state index is -0.767. The van der Waals surface area contributed by atoms with E-state index >= 15 is 0 Å². The van der Waals surface area contributed by atoms with E-state index in [4.69, 9.17) is 4.74 Å². The Morgan fingerprint density at radius 3 is 2.62 bits per heavy atom. The van der Waals surface area contributed by atoms with Gasteiger partial charge >= 0.3 is 5.69 Å². The van der Waals surface area contributed by atoms with E-state index in [0.29, 0.717) is 5.75 Å². The average Bonchev–Trinajstić information content (AvgIpc) is 2.48. The third-order valence-corrected chi connectivity index (χ3v) is 3.17. The predicted octanol–water partition coefficient (Wildman–Crippen LogP) is 3.81. The molecular weight excluding hydrogens is 275 g/mol. The fourth-order valence-electron chi connectivity index (χ4n) is 1.94. The second kappa shape index (κ2) is 6.32. The molecule has 0 bridgehead atoms. The van der Waals surface area contributed by atoms with E-state index in [1.54, 1.807) is 19.2 Å². The molecular formula is C15H15FN2O3. The van der Waals surface area contributed by atoms with Crippen molar-refractivity contribution in [3.63, 3.8) is 0 Å². The van der Waals surface area contributed by atoms with Crippen LogP contribution in [0.3, 0.4) is 0 Å². The van der Waals surface area contributed by atoms with E-state index < -0.39 is 16.4 Å². The van der Waals surface area contributed by atoms with Crippen LogP contribution in [0.15, 0.2) is 42.5 Å². The van der Waals surface area contributed by atoms with Crippen molar-refractivity contribution in [2.45, 2.75) is 13.0 Å². The molecule has 1 atom stereocenters. The molecule has 0 aliphatic heterocycles. The lowest BCUT2D eigenvalue weighted by Crippen LogP contribution is -2.13. The van der Waals surface area contributed by atoms with Crippen LogP contribution in [0.1, 0.15) is 18.5 Å². The molecule has 0 radical (unpaired) electrons. The summed E-state index contributed by atoms with van der Waals surface area (Å²) >= 11 is 0. The molecule has 110 valence electrons. The van der Waals surface area contributed by atoms with Crippen LogP contribution >= 0.6 is 0 Å². The molecule has 6 heteroatoms. The average molecular weight is 290 g/mol. The lowest BCUT2D eigenvalue weighted by atomic mass is 10.1. The standard InChI is InChI=1S/C15H15FN2O3/c1-10(17-2)11-6-3-4-9-14(11)21-15-12(16)7-5-8-13(15)18(19)20/h3-10,17H,1-2H3. The molecule has 21 heavy (non-hydrogen) atoms. The second-order valence-corrected chi connectivity index (χ2v) is 4.50. The highest BCUT2D eigenvalue weighted by molar-refractivity contribution is 5.50. The van der Waals surface area contributed by atoms with Gasteiger partial charge in [0.2, 0.25) is 5.75 Å². The predicted molar refractivity (Wildman–Crippen MR) is 77.0 cm³/mol. The molecule has 2 rings (SSSR count). The van der Waals surface area contributed by atoms with Gasteiger partial charge in [0, 0.05) is 17.7 Å². The van der Waals surface area contributed by atoms with E-state index in [9.17, 15) is 14.5 Å². The number of nitro benzene ring substituents is 1. The maximum absolute atomic E-state index is 13.9. The zero-order valence-electron chi connectivity index (χ0n) is 11.7. The fraction of sp³-hybridized carbons (Fsp3) is 0.200. The summed E-state index contributed by atoms with van der Waals surface area (Å²) in [6.07, 6.45) is 0. The van der Waals surface area contributed by atoms with Crippen molar-refractivity contribution in [3.8, 4) is 11.5 Å². The van der Waals surface area contributed by atoms with Gasteiger partial charge in [-0.2, -0.15) is 0 Å². The number of hydrogen-bond acceptors (Lipinski definition) is 4. The third-order valence-electron chi connectivity index (χ3n) is 3.17. The summed E-state index contributed by atoms with van der Waals surface area (Å²) in [6.45, 7) is 1.91. The summed E-state index contributed by atoms with van der Waals surface area (Å²) in [6, 6.07) is 10.6. The van der Waals surface area contributed by atoms with Gasteiger partial charge in [0.1, 0.15) is 5.75 Å². The van der Waals surface area contributed by atoms with Crippen molar-refractivity contribution in [3.05, 3.63) is 64.0 Å². The monoisotopic (exact) mass is 290 g/mol. The van der Waals surface area contributed by atoms with Crippen molar-refractivity contribution < 1.29 is 14.1 Å². The highest BCUT2D eigenvalue weighted by atomic mass is 19.1. The molecule has 1 unspecified atom stereocenters. The first-order valence-electron chi connectivity index (χ1n) is 6.41. The molecule has 2 aromatic rings. The molecule has 0 saturated heterocycles. The maximum Gasteiger partial charge on any atom is 0.314 e. The van der Waals surface area contributed by atoms with Crippen LogP contribution < -0.4 is 10.1 Å². The Morgan fingerprint density at radius 1 is 1.24 bits per heavy atom. The van der Waals surface area contributed by atoms with Gasteiger partial charge in [-0.05, 0) is 26.1 Å². The van der Waals surface area contributed by atoms with Crippen molar-refractivity contribution in [2.24, 2.45) is 0 Å². The zero-order chi connectivity index (χ0) is 15.4. The summed E-state index contributed by atoms with van der Waals surface area (Å²) in [7, 11) is 1.78. The molecule has 0 aliphatic rings. The summed E-state index contributed by atoms with van der Waals surface area (Å²) in [5.41, 5.74) is 0.388. The van der Waals surface area contributed by atoms with Gasteiger partial charge in [-0.3, -0.25) is 10.1 Å². The number of benzene rings is 2. The topological polar surface area (TPSA) is 64.4 Å². The van der Waals surface area contributed by atoms with Crippen LogP contribution in [0.2, 0.25) is 0 Å². The van der Waals surface area contributed by atoms with E-state index in [-0.39, 0.29) is 11.8 Å². The normalized spacial score (nSPS) is 12.0. The Kier molecular flexibility index (Phi) is 4.49. The van der Waals surface area contributed by atoms with Crippen LogP contribution in [0.4, 0.5) is 10.1 Å². The molecule has 0 heterocycles. The van der Waals surface area contributed by atoms with Gasteiger partial charge < -0.3 is 10.1 Å². The fourth-order valence-corrected chi connectivity index (χ4v) is 1.94. The van der Waals surface area contributed by atoms with Crippen LogP contribution in [-0.2, 0) is 0 Å². The lowest BCUT2D eigenvalue weighted by Gasteiger charge is -2.16. The van der Waals surface area contributed by atoms with Crippen LogP contribution in [0.25, 0.3) is 0 Å². The Balaban J connectivity index is 2.46. The van der Waals surface area contributed by atoms with Gasteiger partial charge in [0.05, 0.1) is 4.92 Å². The zero-order valence-corrected chi connectivity index (χ0v) is 11.7. The number of rotatable bonds is 5. The number of nitrogens with zero attached hydrogens (tertiary/aromatic N) is 1. The first kappa shape index (κ1) is 14.9. The number of hydrogen-bond donors (Lipinski definition) is 1. The first-order chi connectivity index (χ1) is 10.0. The highest BCUT2D eigenvalue weighted by Crippen LogP contribution is 2.36. The van der Waals surface area contributed by atoms with Crippen molar-refractivity contribution in [2.75, 3.05) is 7.05 Å². The summed E-state index contributed by atoms with van der Waals surface area (Å²) < 4.78 is 19.4. The molecule has 0 aliphatic carbocycles. The van der Waals surface area contributed by atoms with Crippen LogP contribution in [-0.4, -0.2) is 12.0 Å². The Hall–Kier alpha value is -2.47. The molecule has 5 nitrogen and oxygen atoms in total. The van der Waals surface area contributed by atoms with E-state index in [0.717, 1.165) is 11.6 Å². The van der Waals surface area contributed by atoms with Crippen LogP contribution in [0, 0.1) is 15.9 Å². The number of nitro groups is 1.